The zero-order valence-corrected chi connectivity index (χ0v) is 17.3. The maximum absolute atomic E-state index is 5.90. The van der Waals surface area contributed by atoms with Crippen LogP contribution < -0.4 is 24.8 Å². The van der Waals surface area contributed by atoms with Gasteiger partial charge in [-0.2, -0.15) is 0 Å². The molecule has 0 radical (unpaired) electrons. The van der Waals surface area contributed by atoms with Crippen molar-refractivity contribution in [2.24, 2.45) is 0 Å². The predicted octanol–water partition coefficient (Wildman–Crippen LogP) is 4.77. The van der Waals surface area contributed by atoms with E-state index in [4.69, 9.17) is 26.4 Å². The lowest BCUT2D eigenvalue weighted by Gasteiger charge is -2.14. The monoisotopic (exact) mass is 408 g/mol. The molecule has 3 aromatic carbocycles. The van der Waals surface area contributed by atoms with E-state index < -0.39 is 0 Å². The number of methoxy groups -OCH3 is 2. The molecule has 29 heavy (non-hydrogen) atoms. The van der Waals surface area contributed by atoms with Crippen molar-refractivity contribution in [3.63, 3.8) is 0 Å². The van der Waals surface area contributed by atoms with Crippen LogP contribution in [0.15, 0.2) is 72.8 Å². The van der Waals surface area contributed by atoms with Gasteiger partial charge in [-0.25, -0.2) is 0 Å². The summed E-state index contributed by atoms with van der Waals surface area (Å²) in [6.07, 6.45) is 0. The van der Waals surface area contributed by atoms with E-state index in [9.17, 15) is 0 Å². The first-order valence-electron chi connectivity index (χ1n) is 9.20. The standard InChI is InChI=1S/C23H24N2O3S/c1-26-20-10-6-9-19(14-20)25-23(29)24-15-18-11-12-21(22(13-18)27-2)28-16-17-7-4-3-5-8-17/h3-14H,15-16H2,1-2H3,(H2,24,25,29). The second-order valence-electron chi connectivity index (χ2n) is 6.30. The molecule has 0 aliphatic carbocycles. The average molecular weight is 409 g/mol. The second kappa shape index (κ2) is 10.3. The van der Waals surface area contributed by atoms with Crippen LogP contribution in [0.5, 0.6) is 17.2 Å². The number of hydrogen-bond donors (Lipinski definition) is 2. The minimum atomic E-state index is 0.489. The van der Waals surface area contributed by atoms with E-state index in [0.29, 0.717) is 29.8 Å². The summed E-state index contributed by atoms with van der Waals surface area (Å²) < 4.78 is 16.6. The summed E-state index contributed by atoms with van der Waals surface area (Å²) in [7, 11) is 3.27. The normalized spacial score (nSPS) is 10.1. The lowest BCUT2D eigenvalue weighted by molar-refractivity contribution is 0.284. The molecular weight excluding hydrogens is 384 g/mol. The molecule has 0 spiro atoms. The summed E-state index contributed by atoms with van der Waals surface area (Å²) in [6.45, 7) is 1.05. The molecule has 3 rings (SSSR count). The Labute approximate surface area is 176 Å². The van der Waals surface area contributed by atoms with Gasteiger partial charge in [-0.1, -0.05) is 42.5 Å². The molecule has 6 heteroatoms. The highest BCUT2D eigenvalue weighted by Gasteiger charge is 2.07. The SMILES string of the molecule is COc1cccc(NC(=S)NCc2ccc(OCc3ccccc3)c(OC)c2)c1. The highest BCUT2D eigenvalue weighted by Crippen LogP contribution is 2.29. The second-order valence-corrected chi connectivity index (χ2v) is 6.71. The fourth-order valence-electron chi connectivity index (χ4n) is 2.73. The van der Waals surface area contributed by atoms with Gasteiger partial charge in [0.2, 0.25) is 0 Å². The number of rotatable bonds is 8. The van der Waals surface area contributed by atoms with E-state index in [-0.39, 0.29) is 0 Å². The molecule has 0 saturated carbocycles. The van der Waals surface area contributed by atoms with Gasteiger partial charge in [-0.15, -0.1) is 0 Å². The molecule has 0 unspecified atom stereocenters. The van der Waals surface area contributed by atoms with Crippen molar-refractivity contribution in [1.29, 1.82) is 0 Å². The molecule has 0 fully saturated rings. The lowest BCUT2D eigenvalue weighted by atomic mass is 10.2. The summed E-state index contributed by atoms with van der Waals surface area (Å²) in [5.41, 5.74) is 3.00. The Morgan fingerprint density at radius 1 is 0.828 bits per heavy atom. The number of thiocarbonyl (C=S) groups is 1. The Bertz CT molecular complexity index is 948. The van der Waals surface area contributed by atoms with Gasteiger partial charge in [0.25, 0.3) is 0 Å². The maximum atomic E-state index is 5.90. The van der Waals surface area contributed by atoms with Gasteiger partial charge >= 0.3 is 0 Å². The molecule has 2 N–H and O–H groups in total. The van der Waals surface area contributed by atoms with Crippen LogP contribution in [0.4, 0.5) is 5.69 Å². The van der Waals surface area contributed by atoms with E-state index >= 15 is 0 Å². The minimum absolute atomic E-state index is 0.489. The van der Waals surface area contributed by atoms with Crippen LogP contribution in [0.25, 0.3) is 0 Å². The van der Waals surface area contributed by atoms with Crippen molar-refractivity contribution in [2.45, 2.75) is 13.2 Å². The van der Waals surface area contributed by atoms with Crippen LogP contribution in [0, 0.1) is 0 Å². The molecule has 0 aliphatic rings. The van der Waals surface area contributed by atoms with Crippen LogP contribution in [-0.4, -0.2) is 19.3 Å². The van der Waals surface area contributed by atoms with Crippen LogP contribution >= 0.6 is 12.2 Å². The molecule has 3 aromatic rings. The molecule has 0 aromatic heterocycles. The third-order valence-electron chi connectivity index (χ3n) is 4.25. The average Bonchev–Trinajstić information content (AvgIpc) is 2.77. The highest BCUT2D eigenvalue weighted by atomic mass is 32.1. The van der Waals surface area contributed by atoms with E-state index in [1.54, 1.807) is 14.2 Å². The van der Waals surface area contributed by atoms with Gasteiger partial charge in [0.1, 0.15) is 12.4 Å². The largest absolute Gasteiger partial charge is 0.497 e. The van der Waals surface area contributed by atoms with Gasteiger partial charge in [-0.05, 0) is 47.6 Å². The van der Waals surface area contributed by atoms with Gasteiger partial charge in [0.05, 0.1) is 14.2 Å². The van der Waals surface area contributed by atoms with E-state index in [1.165, 1.54) is 0 Å². The summed E-state index contributed by atoms with van der Waals surface area (Å²) >= 11 is 5.38. The lowest BCUT2D eigenvalue weighted by Crippen LogP contribution is -2.27. The smallest absolute Gasteiger partial charge is 0.171 e. The molecule has 0 bridgehead atoms. The van der Waals surface area contributed by atoms with Crippen LogP contribution in [0.2, 0.25) is 0 Å². The van der Waals surface area contributed by atoms with Crippen molar-refractivity contribution in [1.82, 2.24) is 5.32 Å². The summed E-state index contributed by atoms with van der Waals surface area (Å²) in [5.74, 6) is 2.16. The topological polar surface area (TPSA) is 51.8 Å². The van der Waals surface area contributed by atoms with Crippen LogP contribution in [0.3, 0.4) is 0 Å². The first kappa shape index (κ1) is 20.5. The Hall–Kier alpha value is -3.25. The zero-order chi connectivity index (χ0) is 20.5. The summed E-state index contributed by atoms with van der Waals surface area (Å²) in [4.78, 5) is 0. The minimum Gasteiger partial charge on any atom is -0.497 e. The van der Waals surface area contributed by atoms with Crippen molar-refractivity contribution < 1.29 is 14.2 Å². The van der Waals surface area contributed by atoms with Crippen molar-refractivity contribution in [3.8, 4) is 17.2 Å². The van der Waals surface area contributed by atoms with E-state index in [0.717, 1.165) is 22.6 Å². The van der Waals surface area contributed by atoms with Crippen molar-refractivity contribution in [2.75, 3.05) is 19.5 Å². The third-order valence-corrected chi connectivity index (χ3v) is 4.49. The Kier molecular flexibility index (Phi) is 7.30. The first-order valence-corrected chi connectivity index (χ1v) is 9.61. The van der Waals surface area contributed by atoms with Crippen molar-refractivity contribution in [3.05, 3.63) is 83.9 Å². The molecule has 0 saturated heterocycles. The number of hydrogen-bond acceptors (Lipinski definition) is 4. The molecule has 0 atom stereocenters. The fraction of sp³-hybridized carbons (Fsp3) is 0.174. The number of anilines is 1. The Morgan fingerprint density at radius 2 is 1.66 bits per heavy atom. The van der Waals surface area contributed by atoms with Gasteiger partial charge < -0.3 is 24.8 Å². The molecule has 0 amide bonds. The summed E-state index contributed by atoms with van der Waals surface area (Å²) in [5, 5.41) is 6.88. The third kappa shape index (κ3) is 6.12. The number of ether oxygens (including phenoxy) is 3. The van der Waals surface area contributed by atoms with Crippen LogP contribution in [-0.2, 0) is 13.2 Å². The van der Waals surface area contributed by atoms with E-state index in [1.807, 2.05) is 72.8 Å². The van der Waals surface area contributed by atoms with Gasteiger partial charge in [0, 0.05) is 18.3 Å². The van der Waals surface area contributed by atoms with Crippen LogP contribution in [0.1, 0.15) is 11.1 Å². The quantitative estimate of drug-likeness (QED) is 0.524. The maximum Gasteiger partial charge on any atom is 0.171 e. The number of nitrogens with one attached hydrogen (secondary N) is 2. The molecule has 0 heterocycles. The molecule has 0 aliphatic heterocycles. The Morgan fingerprint density at radius 3 is 2.41 bits per heavy atom. The van der Waals surface area contributed by atoms with Gasteiger partial charge in [-0.3, -0.25) is 0 Å². The highest BCUT2D eigenvalue weighted by molar-refractivity contribution is 7.80. The predicted molar refractivity (Wildman–Crippen MR) is 120 cm³/mol. The first-order chi connectivity index (χ1) is 14.2. The molecular formula is C23H24N2O3S. The summed E-state index contributed by atoms with van der Waals surface area (Å²) in [6, 6.07) is 23.5. The fourth-order valence-corrected chi connectivity index (χ4v) is 2.92. The molecule has 5 nitrogen and oxygen atoms in total. The number of benzene rings is 3. The van der Waals surface area contributed by atoms with Crippen molar-refractivity contribution >= 4 is 23.0 Å². The van der Waals surface area contributed by atoms with E-state index in [2.05, 4.69) is 10.6 Å². The zero-order valence-electron chi connectivity index (χ0n) is 16.5. The van der Waals surface area contributed by atoms with Gasteiger partial charge in [0.15, 0.2) is 16.6 Å². The molecule has 150 valence electrons. The Balaban J connectivity index is 1.55.